The fourth-order valence-electron chi connectivity index (χ4n) is 3.12. The van der Waals surface area contributed by atoms with Crippen molar-refractivity contribution in [3.63, 3.8) is 0 Å². The highest BCUT2D eigenvalue weighted by Crippen LogP contribution is 2.18. The highest BCUT2D eigenvalue weighted by molar-refractivity contribution is 14.0. The minimum Gasteiger partial charge on any atom is -0.357 e. The topological polar surface area (TPSA) is 52.6 Å². The number of nitrogens with zero attached hydrogens (tertiary/aromatic N) is 3. The predicted molar refractivity (Wildman–Crippen MR) is 119 cm³/mol. The molecule has 0 saturated carbocycles. The molecule has 1 aliphatic heterocycles. The molecule has 2 rings (SSSR count). The fraction of sp³-hybridized carbons (Fsp3) is 0.778. The van der Waals surface area contributed by atoms with Gasteiger partial charge in [-0.15, -0.1) is 35.3 Å². The molecule has 5 nitrogen and oxygen atoms in total. The Morgan fingerprint density at radius 1 is 1.40 bits per heavy atom. The maximum Gasteiger partial charge on any atom is 0.191 e. The Morgan fingerprint density at radius 2 is 2.20 bits per heavy atom. The first-order valence-corrected chi connectivity index (χ1v) is 10.1. The van der Waals surface area contributed by atoms with E-state index in [0.717, 1.165) is 36.4 Å². The molecule has 7 heteroatoms. The van der Waals surface area contributed by atoms with Crippen LogP contribution < -0.4 is 10.6 Å². The predicted octanol–water partition coefficient (Wildman–Crippen LogP) is 3.50. The van der Waals surface area contributed by atoms with Gasteiger partial charge in [0.2, 0.25) is 0 Å². The summed E-state index contributed by atoms with van der Waals surface area (Å²) >= 11 is 1.76. The first-order valence-electron chi connectivity index (χ1n) is 9.32. The van der Waals surface area contributed by atoms with Crippen molar-refractivity contribution in [2.75, 3.05) is 26.2 Å². The summed E-state index contributed by atoms with van der Waals surface area (Å²) in [5.74, 6) is 1.63. The van der Waals surface area contributed by atoms with Gasteiger partial charge in [-0.25, -0.2) is 9.98 Å². The van der Waals surface area contributed by atoms with Gasteiger partial charge in [0.1, 0.15) is 5.01 Å². The number of thiazole rings is 1. The zero-order valence-electron chi connectivity index (χ0n) is 16.0. The van der Waals surface area contributed by atoms with E-state index in [9.17, 15) is 0 Å². The molecule has 0 bridgehead atoms. The van der Waals surface area contributed by atoms with Gasteiger partial charge in [0.15, 0.2) is 5.96 Å². The largest absolute Gasteiger partial charge is 0.357 e. The summed E-state index contributed by atoms with van der Waals surface area (Å²) in [5, 5.41) is 7.97. The Hall–Kier alpha value is -0.410. The smallest absolute Gasteiger partial charge is 0.191 e. The number of guanidine groups is 1. The summed E-state index contributed by atoms with van der Waals surface area (Å²) < 4.78 is 0. The van der Waals surface area contributed by atoms with Gasteiger partial charge in [-0.1, -0.05) is 20.8 Å². The van der Waals surface area contributed by atoms with Crippen molar-refractivity contribution in [3.8, 4) is 0 Å². The molecule has 0 aliphatic carbocycles. The highest BCUT2D eigenvalue weighted by atomic mass is 127. The zero-order chi connectivity index (χ0) is 17.4. The highest BCUT2D eigenvalue weighted by Gasteiger charge is 2.24. The number of rotatable bonds is 8. The number of aliphatic imine (C=N–C) groups is 1. The van der Waals surface area contributed by atoms with Crippen LogP contribution in [0.5, 0.6) is 0 Å². The van der Waals surface area contributed by atoms with Gasteiger partial charge >= 0.3 is 0 Å². The van der Waals surface area contributed by atoms with E-state index < -0.39 is 0 Å². The van der Waals surface area contributed by atoms with Crippen molar-refractivity contribution in [1.29, 1.82) is 0 Å². The van der Waals surface area contributed by atoms with Crippen molar-refractivity contribution in [2.24, 2.45) is 10.9 Å². The first kappa shape index (κ1) is 22.6. The van der Waals surface area contributed by atoms with Gasteiger partial charge in [0, 0.05) is 36.8 Å². The molecular weight excluding hydrogens is 445 g/mol. The van der Waals surface area contributed by atoms with E-state index in [1.54, 1.807) is 11.3 Å². The molecule has 0 aromatic carbocycles. The fourth-order valence-corrected chi connectivity index (χ4v) is 3.91. The van der Waals surface area contributed by atoms with E-state index in [2.05, 4.69) is 48.2 Å². The van der Waals surface area contributed by atoms with Crippen LogP contribution in [0.2, 0.25) is 0 Å². The molecule has 2 N–H and O–H groups in total. The maximum absolute atomic E-state index is 4.70. The third-order valence-corrected chi connectivity index (χ3v) is 5.40. The summed E-state index contributed by atoms with van der Waals surface area (Å²) in [4.78, 5) is 13.1. The molecule has 1 aromatic heterocycles. The van der Waals surface area contributed by atoms with Crippen molar-refractivity contribution in [2.45, 2.75) is 59.5 Å². The number of nitrogens with one attached hydrogen (secondary N) is 2. The molecule has 1 saturated heterocycles. The summed E-state index contributed by atoms with van der Waals surface area (Å²) in [6, 6.07) is 0.628. The van der Waals surface area contributed by atoms with E-state index in [4.69, 9.17) is 4.99 Å². The second-order valence-electron chi connectivity index (χ2n) is 6.83. The lowest BCUT2D eigenvalue weighted by atomic mass is 10.1. The third-order valence-electron chi connectivity index (χ3n) is 4.27. The second kappa shape index (κ2) is 12.1. The van der Waals surface area contributed by atoms with Crippen molar-refractivity contribution in [1.82, 2.24) is 20.5 Å². The summed E-state index contributed by atoms with van der Waals surface area (Å²) in [6.07, 6.45) is 5.61. The standard InChI is InChI=1S/C18H33N5S.HI/c1-5-16-11-20-17(24-16)12-22-18(19-6-2)21-10-15-8-7-9-23(15)13-14(3)4;/h11,14-15H,5-10,12-13H2,1-4H3,(H2,19,21,22);1H/t15-;/m1./s1. The quantitative estimate of drug-likeness (QED) is 0.341. The lowest BCUT2D eigenvalue weighted by molar-refractivity contribution is 0.226. The SMILES string of the molecule is CCNC(=NCc1ncc(CC)s1)NC[C@H]1CCCN1CC(C)C.I. The van der Waals surface area contributed by atoms with Crippen LogP contribution in [0.25, 0.3) is 0 Å². The number of hydrogen-bond acceptors (Lipinski definition) is 4. The van der Waals surface area contributed by atoms with Crippen LogP contribution in [-0.4, -0.2) is 48.1 Å². The van der Waals surface area contributed by atoms with Gasteiger partial charge in [-0.05, 0) is 38.6 Å². The van der Waals surface area contributed by atoms with Gasteiger partial charge in [-0.2, -0.15) is 0 Å². The molecule has 1 aliphatic rings. The molecule has 25 heavy (non-hydrogen) atoms. The second-order valence-corrected chi connectivity index (χ2v) is 8.03. The van der Waals surface area contributed by atoms with E-state index in [0.29, 0.717) is 12.6 Å². The minimum absolute atomic E-state index is 0. The Balaban J connectivity index is 0.00000312. The van der Waals surface area contributed by atoms with Crippen molar-refractivity contribution < 1.29 is 0 Å². The van der Waals surface area contributed by atoms with Crippen LogP contribution in [0.3, 0.4) is 0 Å². The van der Waals surface area contributed by atoms with E-state index in [1.165, 1.54) is 30.8 Å². The average Bonchev–Trinajstić information content (AvgIpc) is 3.18. The van der Waals surface area contributed by atoms with Gasteiger partial charge in [0.25, 0.3) is 0 Å². The lowest BCUT2D eigenvalue weighted by Gasteiger charge is -2.27. The van der Waals surface area contributed by atoms with Crippen LogP contribution in [0.4, 0.5) is 0 Å². The third kappa shape index (κ3) is 7.78. The van der Waals surface area contributed by atoms with Gasteiger partial charge in [-0.3, -0.25) is 4.90 Å². The molecule has 1 fully saturated rings. The zero-order valence-corrected chi connectivity index (χ0v) is 19.2. The Kier molecular flexibility index (Phi) is 10.9. The minimum atomic E-state index is 0. The molecule has 1 aromatic rings. The van der Waals surface area contributed by atoms with E-state index in [1.807, 2.05) is 6.20 Å². The van der Waals surface area contributed by atoms with Crippen LogP contribution in [0.15, 0.2) is 11.2 Å². The summed E-state index contributed by atoms with van der Waals surface area (Å²) in [7, 11) is 0. The number of likely N-dealkylation sites (tertiary alicyclic amines) is 1. The number of halogens is 1. The van der Waals surface area contributed by atoms with Gasteiger partial charge in [0.05, 0.1) is 6.54 Å². The van der Waals surface area contributed by atoms with Gasteiger partial charge < -0.3 is 10.6 Å². The van der Waals surface area contributed by atoms with Crippen LogP contribution in [-0.2, 0) is 13.0 Å². The molecule has 0 radical (unpaired) electrons. The summed E-state index contributed by atoms with van der Waals surface area (Å²) in [6.45, 7) is 13.8. The van der Waals surface area contributed by atoms with Crippen LogP contribution >= 0.6 is 35.3 Å². The monoisotopic (exact) mass is 479 g/mol. The normalized spacial score (nSPS) is 18.4. The van der Waals surface area contributed by atoms with E-state index in [-0.39, 0.29) is 24.0 Å². The molecular formula is C18H34IN5S. The first-order chi connectivity index (χ1) is 11.6. The average molecular weight is 479 g/mol. The van der Waals surface area contributed by atoms with E-state index >= 15 is 0 Å². The Labute approximate surface area is 174 Å². The molecule has 0 spiro atoms. The number of aryl methyl sites for hydroxylation is 1. The molecule has 0 unspecified atom stereocenters. The molecule has 0 amide bonds. The Bertz CT molecular complexity index is 517. The van der Waals surface area contributed by atoms with Crippen molar-refractivity contribution >= 4 is 41.3 Å². The number of hydrogen-bond donors (Lipinski definition) is 2. The van der Waals surface area contributed by atoms with Crippen molar-refractivity contribution in [3.05, 3.63) is 16.1 Å². The summed E-state index contributed by atoms with van der Waals surface area (Å²) in [5.41, 5.74) is 0. The number of aromatic nitrogens is 1. The molecule has 1 atom stereocenters. The maximum atomic E-state index is 4.70. The molecule has 144 valence electrons. The van der Waals surface area contributed by atoms with Crippen LogP contribution in [0, 0.1) is 5.92 Å². The Morgan fingerprint density at radius 3 is 2.84 bits per heavy atom. The molecule has 2 heterocycles. The lowest BCUT2D eigenvalue weighted by Crippen LogP contribution is -2.45. The van der Waals surface area contributed by atoms with Crippen LogP contribution in [0.1, 0.15) is 50.4 Å².